The van der Waals surface area contributed by atoms with Gasteiger partial charge in [-0.2, -0.15) is 0 Å². The second-order valence-corrected chi connectivity index (χ2v) is 4.07. The molecule has 0 saturated carbocycles. The third-order valence-corrected chi connectivity index (χ3v) is 2.71. The first kappa shape index (κ1) is 10.7. The van der Waals surface area contributed by atoms with E-state index in [9.17, 15) is 0 Å². The lowest BCUT2D eigenvalue weighted by molar-refractivity contribution is 0.970. The molecule has 3 heterocycles. The summed E-state index contributed by atoms with van der Waals surface area (Å²) >= 11 is 0. The molecule has 0 saturated heterocycles. The van der Waals surface area contributed by atoms with Gasteiger partial charge in [-0.1, -0.05) is 6.07 Å². The number of rotatable bonds is 3. The molecule has 0 unspecified atom stereocenters. The molecule has 0 aliphatic rings. The fourth-order valence-electron chi connectivity index (χ4n) is 1.78. The molecule has 1 N–H and O–H groups in total. The quantitative estimate of drug-likeness (QED) is 0.760. The highest BCUT2D eigenvalue weighted by Gasteiger charge is 2.00. The van der Waals surface area contributed by atoms with Crippen molar-refractivity contribution in [3.05, 3.63) is 54.4 Å². The second-order valence-electron chi connectivity index (χ2n) is 4.07. The van der Waals surface area contributed by atoms with E-state index in [1.165, 1.54) is 0 Å². The predicted octanol–water partition coefficient (Wildman–Crippen LogP) is 2.04. The van der Waals surface area contributed by atoms with Crippen molar-refractivity contribution in [2.45, 2.75) is 13.5 Å². The van der Waals surface area contributed by atoms with Crippen molar-refractivity contribution in [2.75, 3.05) is 5.32 Å². The Morgan fingerprint density at radius 1 is 1.17 bits per heavy atom. The van der Waals surface area contributed by atoms with Crippen LogP contribution in [0.2, 0.25) is 0 Å². The van der Waals surface area contributed by atoms with E-state index in [0.717, 1.165) is 22.9 Å². The molecule has 3 rings (SSSR count). The Morgan fingerprint density at radius 2 is 2.11 bits per heavy atom. The molecule has 18 heavy (non-hydrogen) atoms. The van der Waals surface area contributed by atoms with Crippen LogP contribution in [0, 0.1) is 6.92 Å². The lowest BCUT2D eigenvalue weighted by Gasteiger charge is -2.08. The Kier molecular flexibility index (Phi) is 2.64. The van der Waals surface area contributed by atoms with Crippen molar-refractivity contribution < 1.29 is 0 Å². The summed E-state index contributed by atoms with van der Waals surface area (Å²) in [6.45, 7) is 2.57. The first-order valence-electron chi connectivity index (χ1n) is 5.76. The average molecular weight is 239 g/mol. The molecule has 3 aromatic heterocycles. The maximum Gasteiger partial charge on any atom is 0.138 e. The Balaban J connectivity index is 1.80. The van der Waals surface area contributed by atoms with Crippen molar-refractivity contribution >= 4 is 11.5 Å². The van der Waals surface area contributed by atoms with Gasteiger partial charge in [-0.05, 0) is 19.1 Å². The van der Waals surface area contributed by atoms with Gasteiger partial charge in [-0.3, -0.25) is 14.4 Å². The predicted molar refractivity (Wildman–Crippen MR) is 69.3 cm³/mol. The third kappa shape index (κ3) is 2.02. The monoisotopic (exact) mass is 239 g/mol. The van der Waals surface area contributed by atoms with Gasteiger partial charge < -0.3 is 5.32 Å². The fourth-order valence-corrected chi connectivity index (χ4v) is 1.78. The molecule has 5 nitrogen and oxygen atoms in total. The number of imidazole rings is 1. The van der Waals surface area contributed by atoms with Crippen molar-refractivity contribution in [1.82, 2.24) is 19.4 Å². The van der Waals surface area contributed by atoms with E-state index in [-0.39, 0.29) is 0 Å². The fraction of sp³-hybridized carbons (Fsp3) is 0.154. The summed E-state index contributed by atoms with van der Waals surface area (Å²) < 4.78 is 2.00. The Bertz CT molecular complexity index is 656. The molecular formula is C13H13N5. The van der Waals surface area contributed by atoms with Gasteiger partial charge in [0.2, 0.25) is 0 Å². The summed E-state index contributed by atoms with van der Waals surface area (Å²) in [5, 5.41) is 3.33. The number of nitrogens with zero attached hydrogens (tertiary/aromatic N) is 4. The SMILES string of the molecule is Cc1cnc(CNc2cccc3nccn23)cn1. The van der Waals surface area contributed by atoms with Gasteiger partial charge in [0.05, 0.1) is 24.1 Å². The zero-order valence-electron chi connectivity index (χ0n) is 10.0. The van der Waals surface area contributed by atoms with Crippen LogP contribution in [0.4, 0.5) is 5.82 Å². The Hall–Kier alpha value is -2.43. The number of nitrogens with one attached hydrogen (secondary N) is 1. The van der Waals surface area contributed by atoms with Crippen LogP contribution in [-0.4, -0.2) is 19.4 Å². The maximum absolute atomic E-state index is 4.31. The molecule has 0 spiro atoms. The summed E-state index contributed by atoms with van der Waals surface area (Å²) in [4.78, 5) is 12.8. The zero-order chi connectivity index (χ0) is 12.4. The van der Waals surface area contributed by atoms with E-state index in [2.05, 4.69) is 20.3 Å². The van der Waals surface area contributed by atoms with Crippen LogP contribution in [0.25, 0.3) is 5.65 Å². The van der Waals surface area contributed by atoms with Crippen molar-refractivity contribution in [2.24, 2.45) is 0 Å². The van der Waals surface area contributed by atoms with Crippen LogP contribution in [0.5, 0.6) is 0 Å². The number of hydrogen-bond donors (Lipinski definition) is 1. The van der Waals surface area contributed by atoms with E-state index in [4.69, 9.17) is 0 Å². The Morgan fingerprint density at radius 3 is 2.94 bits per heavy atom. The summed E-state index contributed by atoms with van der Waals surface area (Å²) in [5.41, 5.74) is 2.77. The molecule has 0 atom stereocenters. The number of pyridine rings is 1. The lowest BCUT2D eigenvalue weighted by Crippen LogP contribution is -2.05. The molecule has 90 valence electrons. The number of aromatic nitrogens is 4. The number of hydrogen-bond acceptors (Lipinski definition) is 4. The smallest absolute Gasteiger partial charge is 0.138 e. The van der Waals surface area contributed by atoms with Gasteiger partial charge in [-0.15, -0.1) is 0 Å². The van der Waals surface area contributed by atoms with E-state index >= 15 is 0 Å². The van der Waals surface area contributed by atoms with E-state index in [0.29, 0.717) is 6.54 Å². The van der Waals surface area contributed by atoms with Crippen LogP contribution in [0.3, 0.4) is 0 Å². The molecule has 0 bridgehead atoms. The van der Waals surface area contributed by atoms with Crippen LogP contribution in [0.15, 0.2) is 43.0 Å². The van der Waals surface area contributed by atoms with Gasteiger partial charge in [0, 0.05) is 18.6 Å². The molecule has 0 amide bonds. The highest BCUT2D eigenvalue weighted by atomic mass is 15.1. The lowest BCUT2D eigenvalue weighted by atomic mass is 10.4. The summed E-state index contributed by atoms with van der Waals surface area (Å²) in [7, 11) is 0. The van der Waals surface area contributed by atoms with Crippen LogP contribution >= 0.6 is 0 Å². The molecule has 3 aromatic rings. The highest BCUT2D eigenvalue weighted by molar-refractivity contribution is 5.49. The van der Waals surface area contributed by atoms with E-state index < -0.39 is 0 Å². The number of fused-ring (bicyclic) bond motifs is 1. The van der Waals surface area contributed by atoms with Gasteiger partial charge >= 0.3 is 0 Å². The van der Waals surface area contributed by atoms with Crippen molar-refractivity contribution in [1.29, 1.82) is 0 Å². The van der Waals surface area contributed by atoms with Crippen LogP contribution in [0.1, 0.15) is 11.4 Å². The molecule has 0 aliphatic heterocycles. The topological polar surface area (TPSA) is 55.1 Å². The normalized spacial score (nSPS) is 10.7. The maximum atomic E-state index is 4.31. The number of anilines is 1. The van der Waals surface area contributed by atoms with E-state index in [1.807, 2.05) is 35.7 Å². The minimum atomic E-state index is 0.643. The summed E-state index contributed by atoms with van der Waals surface area (Å²) in [5.74, 6) is 0.993. The summed E-state index contributed by atoms with van der Waals surface area (Å²) in [6, 6.07) is 5.96. The molecule has 5 heteroatoms. The molecule has 0 fully saturated rings. The number of aryl methyl sites for hydroxylation is 1. The molecule has 0 aliphatic carbocycles. The second kappa shape index (κ2) is 4.44. The van der Waals surface area contributed by atoms with Crippen molar-refractivity contribution in [3.63, 3.8) is 0 Å². The molecule has 0 aromatic carbocycles. The molecular weight excluding hydrogens is 226 g/mol. The highest BCUT2D eigenvalue weighted by Crippen LogP contribution is 2.11. The standard InChI is InChI=1S/C13H13N5/c1-10-7-16-11(8-15-10)9-17-13-4-2-3-12-14-5-6-18(12)13/h2-8,17H,9H2,1H3. The first-order valence-corrected chi connectivity index (χ1v) is 5.76. The minimum absolute atomic E-state index is 0.643. The molecule has 0 radical (unpaired) electrons. The van der Waals surface area contributed by atoms with Crippen LogP contribution in [-0.2, 0) is 6.54 Å². The largest absolute Gasteiger partial charge is 0.365 e. The van der Waals surface area contributed by atoms with Crippen molar-refractivity contribution in [3.8, 4) is 0 Å². The zero-order valence-corrected chi connectivity index (χ0v) is 10.0. The first-order chi connectivity index (χ1) is 8.83. The third-order valence-electron chi connectivity index (χ3n) is 2.71. The average Bonchev–Trinajstić information content (AvgIpc) is 2.87. The summed E-state index contributed by atoms with van der Waals surface area (Å²) in [6.07, 6.45) is 7.27. The van der Waals surface area contributed by atoms with Gasteiger partial charge in [0.1, 0.15) is 11.5 Å². The van der Waals surface area contributed by atoms with Gasteiger partial charge in [0.15, 0.2) is 0 Å². The van der Waals surface area contributed by atoms with Gasteiger partial charge in [-0.25, -0.2) is 4.98 Å². The minimum Gasteiger partial charge on any atom is -0.365 e. The van der Waals surface area contributed by atoms with E-state index in [1.54, 1.807) is 18.6 Å². The Labute approximate surface area is 105 Å². The van der Waals surface area contributed by atoms with Gasteiger partial charge in [0.25, 0.3) is 0 Å². The van der Waals surface area contributed by atoms with Crippen LogP contribution < -0.4 is 5.32 Å².